The van der Waals surface area contributed by atoms with Gasteiger partial charge in [-0.05, 0) is 12.0 Å². The van der Waals surface area contributed by atoms with Crippen LogP contribution in [-0.2, 0) is 6.42 Å². The minimum atomic E-state index is 0.00634. The molecule has 0 fully saturated rings. The van der Waals surface area contributed by atoms with Gasteiger partial charge in [-0.2, -0.15) is 0 Å². The summed E-state index contributed by atoms with van der Waals surface area (Å²) in [4.78, 5) is 11.1. The van der Waals surface area contributed by atoms with E-state index in [2.05, 4.69) is 6.08 Å². The Morgan fingerprint density at radius 3 is 2.91 bits per heavy atom. The first-order valence-corrected chi connectivity index (χ1v) is 3.58. The number of Topliss-reactive ketones (excluding diaryl/α,β-unsaturated/α-hetero) is 1. The summed E-state index contributed by atoms with van der Waals surface area (Å²) in [5, 5.41) is 0. The Labute approximate surface area is 65.4 Å². The number of carbonyl (C=O) groups is 1. The van der Waals surface area contributed by atoms with Gasteiger partial charge in [0.25, 0.3) is 0 Å². The zero-order valence-electron chi connectivity index (χ0n) is 6.00. The first-order valence-electron chi connectivity index (χ1n) is 3.58. The lowest BCUT2D eigenvalue weighted by Gasteiger charge is -2.06. The third-order valence-electron chi connectivity index (χ3n) is 1.82. The van der Waals surface area contributed by atoms with Crippen LogP contribution in [0.3, 0.4) is 0 Å². The largest absolute Gasteiger partial charge is 0.289 e. The van der Waals surface area contributed by atoms with Crippen LogP contribution in [0.15, 0.2) is 30.3 Å². The van der Waals surface area contributed by atoms with Gasteiger partial charge in [-0.3, -0.25) is 4.79 Å². The topological polar surface area (TPSA) is 17.1 Å². The second-order valence-corrected chi connectivity index (χ2v) is 2.54. The molecular formula is C10H7O. The lowest BCUT2D eigenvalue weighted by Crippen LogP contribution is -2.04. The minimum absolute atomic E-state index is 0.00634. The average Bonchev–Trinajstić information content (AvgIpc) is 2.06. The summed E-state index contributed by atoms with van der Waals surface area (Å²) in [6.45, 7) is 0. The molecule has 0 saturated heterocycles. The minimum Gasteiger partial charge on any atom is -0.289 e. The highest BCUT2D eigenvalue weighted by Gasteiger charge is 2.10. The fourth-order valence-corrected chi connectivity index (χ4v) is 1.25. The summed E-state index contributed by atoms with van der Waals surface area (Å²) in [5.74, 6) is 0.00634. The molecule has 11 heavy (non-hydrogen) atoms. The van der Waals surface area contributed by atoms with Gasteiger partial charge in [-0.25, -0.2) is 0 Å². The molecule has 1 aliphatic carbocycles. The van der Waals surface area contributed by atoms with Crippen LogP contribution in [0.4, 0.5) is 0 Å². The zero-order chi connectivity index (χ0) is 7.68. The number of carbonyl (C=O) groups excluding carboxylic acids is 1. The maximum absolute atomic E-state index is 11.1. The van der Waals surface area contributed by atoms with E-state index in [4.69, 9.17) is 0 Å². The third-order valence-corrected chi connectivity index (χ3v) is 1.82. The van der Waals surface area contributed by atoms with Crippen molar-refractivity contribution in [1.82, 2.24) is 0 Å². The molecule has 2 rings (SSSR count). The van der Waals surface area contributed by atoms with Crippen molar-refractivity contribution in [3.8, 4) is 0 Å². The smallest absolute Gasteiger partial charge is 0.193 e. The van der Waals surface area contributed by atoms with E-state index in [1.54, 1.807) is 6.08 Å². The van der Waals surface area contributed by atoms with Crippen LogP contribution >= 0.6 is 0 Å². The Morgan fingerprint density at radius 1 is 1.27 bits per heavy atom. The first kappa shape index (κ1) is 6.35. The molecule has 0 bridgehead atoms. The van der Waals surface area contributed by atoms with Gasteiger partial charge in [0.15, 0.2) is 5.78 Å². The average molecular weight is 143 g/mol. The maximum Gasteiger partial charge on any atom is 0.193 e. The number of benzene rings is 1. The molecule has 53 valence electrons. The van der Waals surface area contributed by atoms with Crippen molar-refractivity contribution in [2.75, 3.05) is 0 Å². The van der Waals surface area contributed by atoms with Gasteiger partial charge < -0.3 is 0 Å². The number of hydrogen-bond donors (Lipinski definition) is 0. The highest BCUT2D eigenvalue weighted by Crippen LogP contribution is 2.14. The highest BCUT2D eigenvalue weighted by molar-refractivity contribution is 6.03. The van der Waals surface area contributed by atoms with E-state index in [1.165, 1.54) is 0 Å². The van der Waals surface area contributed by atoms with E-state index in [1.807, 2.05) is 24.3 Å². The van der Waals surface area contributed by atoms with Gasteiger partial charge in [0.2, 0.25) is 0 Å². The zero-order valence-corrected chi connectivity index (χ0v) is 6.00. The Kier molecular flexibility index (Phi) is 1.35. The molecule has 0 amide bonds. The first-order chi connectivity index (χ1) is 5.38. The molecule has 0 heterocycles. The number of fused-ring (bicyclic) bond motifs is 1. The molecule has 1 aromatic rings. The van der Waals surface area contributed by atoms with Crippen LogP contribution in [0, 0.1) is 6.08 Å². The van der Waals surface area contributed by atoms with Crippen molar-refractivity contribution in [3.63, 3.8) is 0 Å². The monoisotopic (exact) mass is 143 g/mol. The Morgan fingerprint density at radius 2 is 2.09 bits per heavy atom. The standard InChI is InChI=1S/C10H7O/c11-10-7-3-5-8-4-1-2-6-9(8)10/h1-4,6H,5H2. The molecule has 1 nitrogen and oxygen atoms in total. The summed E-state index contributed by atoms with van der Waals surface area (Å²) in [6.07, 6.45) is 5.29. The van der Waals surface area contributed by atoms with Crippen molar-refractivity contribution in [3.05, 3.63) is 47.5 Å². The summed E-state index contributed by atoms with van der Waals surface area (Å²) in [7, 11) is 0. The van der Waals surface area contributed by atoms with Gasteiger partial charge in [0.05, 0.1) is 0 Å². The van der Waals surface area contributed by atoms with Gasteiger partial charge in [-0.15, -0.1) is 0 Å². The summed E-state index contributed by atoms with van der Waals surface area (Å²) in [6, 6.07) is 7.65. The van der Waals surface area contributed by atoms with E-state index in [0.717, 1.165) is 17.5 Å². The van der Waals surface area contributed by atoms with Gasteiger partial charge in [-0.1, -0.05) is 30.3 Å². The molecule has 1 aliphatic rings. The van der Waals surface area contributed by atoms with E-state index in [0.29, 0.717) is 0 Å². The number of hydrogen-bond acceptors (Lipinski definition) is 1. The second kappa shape index (κ2) is 2.35. The highest BCUT2D eigenvalue weighted by atomic mass is 16.1. The van der Waals surface area contributed by atoms with Crippen LogP contribution < -0.4 is 0 Å². The Balaban J connectivity index is 2.59. The lowest BCUT2D eigenvalue weighted by atomic mass is 9.96. The number of ketones is 1. The van der Waals surface area contributed by atoms with Crippen molar-refractivity contribution in [2.24, 2.45) is 0 Å². The number of allylic oxidation sites excluding steroid dienone is 2. The van der Waals surface area contributed by atoms with Gasteiger partial charge in [0, 0.05) is 11.6 Å². The lowest BCUT2D eigenvalue weighted by molar-refractivity contribution is 0.103. The van der Waals surface area contributed by atoms with Crippen LogP contribution in [0.5, 0.6) is 0 Å². The van der Waals surface area contributed by atoms with Gasteiger partial charge >= 0.3 is 0 Å². The molecule has 0 atom stereocenters. The molecule has 0 aromatic heterocycles. The van der Waals surface area contributed by atoms with Crippen molar-refractivity contribution < 1.29 is 4.79 Å². The Hall–Kier alpha value is -1.37. The Bertz CT molecular complexity index is 323. The summed E-state index contributed by atoms with van der Waals surface area (Å²) in [5.41, 5.74) is 1.91. The molecule has 0 aliphatic heterocycles. The summed E-state index contributed by atoms with van der Waals surface area (Å²) < 4.78 is 0. The van der Waals surface area contributed by atoms with E-state index in [9.17, 15) is 4.79 Å². The van der Waals surface area contributed by atoms with E-state index >= 15 is 0 Å². The normalized spacial score (nSPS) is 14.7. The molecular weight excluding hydrogens is 136 g/mol. The van der Waals surface area contributed by atoms with Crippen molar-refractivity contribution in [1.29, 1.82) is 0 Å². The molecule has 0 spiro atoms. The summed E-state index contributed by atoms with van der Waals surface area (Å²) >= 11 is 0. The third kappa shape index (κ3) is 0.984. The van der Waals surface area contributed by atoms with E-state index in [-0.39, 0.29) is 5.78 Å². The predicted octanol–water partition coefficient (Wildman–Crippen LogP) is 1.78. The fourth-order valence-electron chi connectivity index (χ4n) is 1.25. The SMILES string of the molecule is O=C1[C]=CCc2ccccc21. The van der Waals surface area contributed by atoms with E-state index < -0.39 is 0 Å². The van der Waals surface area contributed by atoms with Crippen LogP contribution in [0.25, 0.3) is 0 Å². The van der Waals surface area contributed by atoms with Crippen molar-refractivity contribution in [2.45, 2.75) is 6.42 Å². The second-order valence-electron chi connectivity index (χ2n) is 2.54. The molecule has 0 unspecified atom stereocenters. The van der Waals surface area contributed by atoms with Gasteiger partial charge in [0.1, 0.15) is 0 Å². The molecule has 1 aromatic carbocycles. The molecule has 0 N–H and O–H groups in total. The molecule has 1 radical (unpaired) electrons. The maximum atomic E-state index is 11.1. The predicted molar refractivity (Wildman–Crippen MR) is 42.3 cm³/mol. The quantitative estimate of drug-likeness (QED) is 0.541. The van der Waals surface area contributed by atoms with Crippen molar-refractivity contribution >= 4 is 5.78 Å². The van der Waals surface area contributed by atoms with Crippen LogP contribution in [0.1, 0.15) is 15.9 Å². The van der Waals surface area contributed by atoms with Crippen LogP contribution in [-0.4, -0.2) is 5.78 Å². The fraction of sp³-hybridized carbons (Fsp3) is 0.100. The molecule has 1 heteroatoms. The molecule has 0 saturated carbocycles. The number of rotatable bonds is 0. The van der Waals surface area contributed by atoms with Crippen LogP contribution in [0.2, 0.25) is 0 Å².